The molecule has 0 bridgehead atoms. The van der Waals surface area contributed by atoms with Gasteiger partial charge in [0, 0.05) is 43.0 Å². The summed E-state index contributed by atoms with van der Waals surface area (Å²) in [5, 5.41) is 0. The number of aryl methyl sites for hydroxylation is 3. The Morgan fingerprint density at radius 1 is 0.262 bits per heavy atom. The van der Waals surface area contributed by atoms with Crippen LogP contribution in [0.25, 0.3) is 0 Å². The maximum Gasteiger partial charge on any atom is 0.336 e. The number of hydrogen-bond donors (Lipinski definition) is 0. The fraction of sp³-hybridized carbons (Fsp3) is 0.509. The van der Waals surface area contributed by atoms with Gasteiger partial charge in [0.05, 0.1) is 155 Å². The average Bonchev–Trinajstić information content (AvgIpc) is 1.33. The summed E-state index contributed by atoms with van der Waals surface area (Å²) in [5.41, 5.74) is 10.1. The molecule has 14 aliphatic heterocycles. The van der Waals surface area contributed by atoms with E-state index in [0.29, 0.717) is 115 Å². The van der Waals surface area contributed by atoms with Crippen LogP contribution in [0, 0.1) is 20.8 Å². The van der Waals surface area contributed by atoms with Crippen molar-refractivity contribution in [1.82, 2.24) is 13.7 Å². The normalized spacial score (nSPS) is 23.0. The number of rotatable bonds is 42. The summed E-state index contributed by atoms with van der Waals surface area (Å²) in [6.07, 6.45) is 7.92. The Kier molecular flexibility index (Phi) is 43.0. The van der Waals surface area contributed by atoms with Gasteiger partial charge in [-0.3, -0.25) is 0 Å². The standard InChI is InChI=1S/C29H30O6.C25H30N2O4.C12H15N3O6.3C10H12O2.C9H10O2.3C3H8.C2H6/c1-29(20-2-8-23(9-3-20)30-14-26-17-33-26,21-4-10-24(11-5-21)31-15-27-18-34-27)22-6-12-25(13-7-22)32-16-28-19-35-28;1-5-20(26(10-22-14-28-22)11-23-15-29-23)6-2-18(1)9-19-3-7-21(8-4-19)27(12-24-16-30-24)13-25-17-31-25;16-10-13(1-7-4-19-7)11(17)15(3-9-6-21-9)12(18)14(10)2-8-5-20-8;3*1-8-4-2-3-5-10(8)12-7-9-6-11-9;1-2-4-8(5-3-1)10-6-9-7-11-9;3*1-3-2;1-2/h2-13,26-28H,14-19H2,1H3;1-8,22-25H,9-17H2;7-9H,1-6H2;3*2-5,9H,6-7H2,1H3;1-5,9H,6-7H2;3*3H2,1-2H3;1-2H3. The molecule has 1 aromatic heterocycles. The van der Waals surface area contributed by atoms with Crippen molar-refractivity contribution in [3.63, 3.8) is 0 Å². The van der Waals surface area contributed by atoms with E-state index in [1.165, 1.54) is 75.1 Å². The molecule has 0 N–H and O–H groups in total. The first kappa shape index (κ1) is 110. The van der Waals surface area contributed by atoms with Crippen molar-refractivity contribution in [2.24, 2.45) is 0 Å². The molecule has 14 saturated heterocycles. The summed E-state index contributed by atoms with van der Waals surface area (Å²) in [6, 6.07) is 76.9. The van der Waals surface area contributed by atoms with E-state index in [0.717, 1.165) is 159 Å². The molecule has 145 heavy (non-hydrogen) atoms. The van der Waals surface area contributed by atoms with Crippen LogP contribution in [0.5, 0.6) is 40.2 Å². The van der Waals surface area contributed by atoms with Crippen LogP contribution in [0.1, 0.15) is 126 Å². The summed E-state index contributed by atoms with van der Waals surface area (Å²) < 4.78 is 116. The highest BCUT2D eigenvalue weighted by Gasteiger charge is 2.38. The molecule has 0 amide bonds. The second-order valence-electron chi connectivity index (χ2n) is 38.0. The molecule has 29 nitrogen and oxygen atoms in total. The Hall–Kier alpha value is -11.0. The van der Waals surface area contributed by atoms with Crippen LogP contribution < -0.4 is 60.0 Å². The molecule has 0 spiro atoms. The lowest BCUT2D eigenvalue weighted by atomic mass is 9.71. The van der Waals surface area contributed by atoms with Crippen molar-refractivity contribution in [2.45, 2.75) is 219 Å². The van der Waals surface area contributed by atoms with Gasteiger partial charge >= 0.3 is 17.1 Å². The molecular weight excluding hydrogens is 1850 g/mol. The minimum atomic E-state index is -0.594. The van der Waals surface area contributed by atoms with Crippen LogP contribution in [0.4, 0.5) is 11.4 Å². The zero-order valence-electron chi connectivity index (χ0n) is 86.6. The molecule has 0 aliphatic carbocycles. The molecule has 10 aromatic rings. The number of para-hydroxylation sites is 4. The SMILES string of the molecule is CC.CC(c1ccc(OCC2CO2)cc1)(c1ccc(OCC2CO2)cc1)c1ccc(OCC2CO2)cc1.CCC.CCC.CCC.Cc1ccccc1OCC1CO1.Cc1ccccc1OCC1CO1.Cc1ccccc1OCC1CO1.O=c1n(CC2CO2)c(=O)n(CC2CO2)c(=O)n1CC1CO1.c1cc(N(CC2CO2)CC2CO2)ccc1Cc1ccc(N(CC2CO2)CC2CO2)cc1.c1ccc(OCC2CO2)cc1. The van der Waals surface area contributed by atoms with Gasteiger partial charge < -0.3 is 109 Å². The van der Waals surface area contributed by atoms with Crippen molar-refractivity contribution < 1.29 is 99.5 Å². The Bertz CT molecular complexity index is 5090. The molecule has 14 unspecified atom stereocenters. The van der Waals surface area contributed by atoms with Gasteiger partial charge in [-0.15, -0.1) is 0 Å². The minimum absolute atomic E-state index is 0.121. The second kappa shape index (κ2) is 56.8. The van der Waals surface area contributed by atoms with E-state index in [1.54, 1.807) is 0 Å². The largest absolute Gasteiger partial charge is 0.491 e. The van der Waals surface area contributed by atoms with Gasteiger partial charge in [-0.1, -0.05) is 208 Å². The van der Waals surface area contributed by atoms with E-state index in [2.05, 4.69) is 143 Å². The number of epoxide rings is 14. The molecule has 24 rings (SSSR count). The molecular formula is C116H151N5O24. The van der Waals surface area contributed by atoms with Crippen LogP contribution >= 0.6 is 0 Å². The first-order chi connectivity index (χ1) is 70.8. The van der Waals surface area contributed by atoms with E-state index in [9.17, 15) is 14.4 Å². The number of ether oxygens (including phenoxy) is 21. The lowest BCUT2D eigenvalue weighted by molar-refractivity contribution is 0.262. The second-order valence-corrected chi connectivity index (χ2v) is 38.0. The first-order valence-corrected chi connectivity index (χ1v) is 52.0. The summed E-state index contributed by atoms with van der Waals surface area (Å²) in [4.78, 5) is 41.9. The number of benzene rings is 9. The van der Waals surface area contributed by atoms with Crippen LogP contribution in [0.15, 0.2) is 239 Å². The number of anilines is 2. The zero-order chi connectivity index (χ0) is 102. The third-order valence-electron chi connectivity index (χ3n) is 24.2. The Morgan fingerprint density at radius 2 is 0.462 bits per heavy atom. The van der Waals surface area contributed by atoms with Gasteiger partial charge in [0.15, 0.2) is 0 Å². The smallest absolute Gasteiger partial charge is 0.336 e. The van der Waals surface area contributed by atoms with E-state index >= 15 is 0 Å². The predicted molar refractivity (Wildman–Crippen MR) is 558 cm³/mol. The predicted octanol–water partition coefficient (Wildman–Crippen LogP) is 16.3. The Morgan fingerprint density at radius 3 is 0.676 bits per heavy atom. The van der Waals surface area contributed by atoms with Gasteiger partial charge in [-0.25, -0.2) is 28.1 Å². The lowest BCUT2D eigenvalue weighted by Gasteiger charge is -2.32. The zero-order valence-corrected chi connectivity index (χ0v) is 86.6. The molecule has 784 valence electrons. The Balaban J connectivity index is 0.000000137. The van der Waals surface area contributed by atoms with Gasteiger partial charge in [0.1, 0.15) is 129 Å². The highest BCUT2D eigenvalue weighted by molar-refractivity contribution is 5.54. The number of nitrogens with zero attached hydrogens (tertiary/aromatic N) is 5. The number of aromatic nitrogens is 3. The average molecular weight is 2000 g/mol. The minimum Gasteiger partial charge on any atom is -0.491 e. The third-order valence-corrected chi connectivity index (χ3v) is 24.2. The van der Waals surface area contributed by atoms with Gasteiger partial charge in [-0.05, 0) is 170 Å². The quantitative estimate of drug-likeness (QED) is 0.0253. The highest BCUT2D eigenvalue weighted by atomic mass is 16.6. The van der Waals surface area contributed by atoms with Crippen molar-refractivity contribution in [2.75, 3.05) is 175 Å². The van der Waals surface area contributed by atoms with Crippen molar-refractivity contribution in [1.29, 1.82) is 0 Å². The molecule has 14 atom stereocenters. The summed E-state index contributed by atoms with van der Waals surface area (Å²) in [5.74, 6) is 6.37. The van der Waals surface area contributed by atoms with Crippen molar-refractivity contribution in [3.8, 4) is 40.2 Å². The van der Waals surface area contributed by atoms with E-state index in [4.69, 9.17) is 99.5 Å². The fourth-order valence-electron chi connectivity index (χ4n) is 14.7. The topological polar surface area (TPSA) is 313 Å². The number of hydrogen-bond acceptors (Lipinski definition) is 26. The van der Waals surface area contributed by atoms with Gasteiger partial charge in [0.25, 0.3) is 0 Å². The summed E-state index contributed by atoms with van der Waals surface area (Å²) in [7, 11) is 0. The molecule has 14 fully saturated rings. The van der Waals surface area contributed by atoms with Crippen molar-refractivity contribution >= 4 is 11.4 Å². The Labute approximate surface area is 854 Å². The van der Waals surface area contributed by atoms with Crippen LogP contribution in [0.3, 0.4) is 0 Å². The van der Waals surface area contributed by atoms with E-state index < -0.39 is 17.1 Å². The molecule has 0 saturated carbocycles. The maximum atomic E-state index is 12.4. The lowest BCUT2D eigenvalue weighted by Crippen LogP contribution is -2.55. The molecule has 14 aliphatic rings. The molecule has 9 aromatic carbocycles. The molecule has 29 heteroatoms. The third kappa shape index (κ3) is 40.0. The van der Waals surface area contributed by atoms with Crippen LogP contribution in [0.2, 0.25) is 0 Å². The summed E-state index contributed by atoms with van der Waals surface area (Å²) >= 11 is 0. The fourth-order valence-corrected chi connectivity index (χ4v) is 14.7. The molecule has 0 radical (unpaired) electrons. The monoisotopic (exact) mass is 2000 g/mol. The highest BCUT2D eigenvalue weighted by Crippen LogP contribution is 2.42. The maximum absolute atomic E-state index is 12.4. The first-order valence-electron chi connectivity index (χ1n) is 52.0. The van der Waals surface area contributed by atoms with Gasteiger partial charge in [0.2, 0.25) is 0 Å². The van der Waals surface area contributed by atoms with Crippen molar-refractivity contribution in [3.05, 3.63) is 300 Å². The summed E-state index contributed by atoms with van der Waals surface area (Å²) in [6.45, 7) is 44.9. The van der Waals surface area contributed by atoms with E-state index in [1.807, 2.05) is 174 Å². The van der Waals surface area contributed by atoms with Crippen LogP contribution in [-0.4, -0.2) is 264 Å². The molecule has 15 heterocycles. The van der Waals surface area contributed by atoms with E-state index in [-0.39, 0.29) is 61.7 Å². The van der Waals surface area contributed by atoms with Gasteiger partial charge in [-0.2, -0.15) is 0 Å². The van der Waals surface area contributed by atoms with Crippen LogP contribution in [-0.2, 0) is 97.8 Å².